The summed E-state index contributed by atoms with van der Waals surface area (Å²) in [6.45, 7) is 10.2. The molecular formula is C30H49NO3. The highest BCUT2D eigenvalue weighted by Crippen LogP contribution is 2.40. The van der Waals surface area contributed by atoms with Crippen LogP contribution < -0.4 is 4.74 Å². The lowest BCUT2D eigenvalue weighted by molar-refractivity contribution is -0.134. The molecule has 1 aliphatic heterocycles. The summed E-state index contributed by atoms with van der Waals surface area (Å²) in [5.41, 5.74) is 2.40. The Labute approximate surface area is 208 Å². The minimum Gasteiger partial charge on any atom is -0.426 e. The van der Waals surface area contributed by atoms with Gasteiger partial charge in [-0.05, 0) is 93.1 Å². The van der Waals surface area contributed by atoms with Gasteiger partial charge in [-0.15, -0.1) is 0 Å². The van der Waals surface area contributed by atoms with E-state index in [-0.39, 0.29) is 23.4 Å². The fourth-order valence-electron chi connectivity index (χ4n) is 5.77. The maximum atomic E-state index is 12.9. The Kier molecular flexibility index (Phi) is 10.9. The fraction of sp³-hybridized carbons (Fsp3) is 0.767. The molecule has 4 nitrogen and oxygen atoms in total. The Bertz CT molecular complexity index is 753. The molecule has 1 aliphatic carbocycles. The van der Waals surface area contributed by atoms with Gasteiger partial charge < -0.3 is 14.7 Å². The van der Waals surface area contributed by atoms with Gasteiger partial charge in [-0.2, -0.15) is 0 Å². The van der Waals surface area contributed by atoms with Gasteiger partial charge in [0.2, 0.25) is 0 Å². The average Bonchev–Trinajstić information content (AvgIpc) is 2.82. The van der Waals surface area contributed by atoms with Crippen molar-refractivity contribution in [2.45, 2.75) is 128 Å². The first-order chi connectivity index (χ1) is 16.4. The highest BCUT2D eigenvalue weighted by atomic mass is 16.5. The van der Waals surface area contributed by atoms with Crippen LogP contribution in [0.25, 0.3) is 0 Å². The number of aliphatic hydroxyl groups is 1. The predicted molar refractivity (Wildman–Crippen MR) is 141 cm³/mol. The highest BCUT2D eigenvalue weighted by molar-refractivity contribution is 5.73. The summed E-state index contributed by atoms with van der Waals surface area (Å²) in [4.78, 5) is 15.3. The minimum atomic E-state index is -0.249. The molecule has 4 heteroatoms. The number of hydrogen-bond donors (Lipinski definition) is 1. The van der Waals surface area contributed by atoms with Crippen molar-refractivity contribution in [1.29, 1.82) is 0 Å². The maximum Gasteiger partial charge on any atom is 0.311 e. The van der Waals surface area contributed by atoms with E-state index < -0.39 is 0 Å². The van der Waals surface area contributed by atoms with Gasteiger partial charge in [-0.3, -0.25) is 4.79 Å². The zero-order valence-electron chi connectivity index (χ0n) is 22.1. The van der Waals surface area contributed by atoms with Crippen molar-refractivity contribution in [2.75, 3.05) is 19.6 Å². The standard InChI is InChI=1S/C30H49NO3/c1-4-5-6-8-18-30(2,3)25-16-17-27(24-13-11-14-26(32)22-24)28(23-25)34-29(33)15-12-21-31-19-9-7-10-20-31/h16-17,23-24,26,32H,4-15,18-22H2,1-3H3. The van der Waals surface area contributed by atoms with Gasteiger partial charge in [0.05, 0.1) is 6.10 Å². The molecule has 34 heavy (non-hydrogen) atoms. The molecule has 2 aliphatic rings. The van der Waals surface area contributed by atoms with Crippen molar-refractivity contribution in [2.24, 2.45) is 0 Å². The molecule has 1 aromatic rings. The van der Waals surface area contributed by atoms with Gasteiger partial charge in [0.1, 0.15) is 5.75 Å². The van der Waals surface area contributed by atoms with E-state index in [0.717, 1.165) is 56.4 Å². The van der Waals surface area contributed by atoms with Gasteiger partial charge in [0.15, 0.2) is 0 Å². The third-order valence-corrected chi connectivity index (χ3v) is 8.06. The Hall–Kier alpha value is -1.39. The number of carbonyl (C=O) groups is 1. The van der Waals surface area contributed by atoms with E-state index in [9.17, 15) is 9.90 Å². The third-order valence-electron chi connectivity index (χ3n) is 8.06. The van der Waals surface area contributed by atoms with Gasteiger partial charge in [-0.1, -0.05) is 71.4 Å². The zero-order valence-corrected chi connectivity index (χ0v) is 22.1. The monoisotopic (exact) mass is 471 g/mol. The summed E-state index contributed by atoms with van der Waals surface area (Å²) in [5.74, 6) is 0.885. The number of ether oxygens (including phenoxy) is 1. The Morgan fingerprint density at radius 3 is 2.59 bits per heavy atom. The van der Waals surface area contributed by atoms with Crippen LogP contribution in [-0.4, -0.2) is 41.7 Å². The molecule has 0 bridgehead atoms. The SMILES string of the molecule is CCCCCCC(C)(C)c1ccc(C2CCCC(O)C2)c(OC(=O)CCCN2CCCCC2)c1. The summed E-state index contributed by atoms with van der Waals surface area (Å²) in [5, 5.41) is 10.3. The lowest BCUT2D eigenvalue weighted by Crippen LogP contribution is -2.31. The van der Waals surface area contributed by atoms with Crippen LogP contribution >= 0.6 is 0 Å². The molecule has 1 saturated heterocycles. The molecule has 0 aromatic heterocycles. The first-order valence-electron chi connectivity index (χ1n) is 14.1. The molecule has 2 fully saturated rings. The number of aliphatic hydroxyl groups excluding tert-OH is 1. The summed E-state index contributed by atoms with van der Waals surface area (Å²) < 4.78 is 6.06. The van der Waals surface area contributed by atoms with Gasteiger partial charge >= 0.3 is 5.97 Å². The number of hydrogen-bond acceptors (Lipinski definition) is 4. The lowest BCUT2D eigenvalue weighted by Gasteiger charge is -2.30. The molecule has 0 amide bonds. The van der Waals surface area contributed by atoms with E-state index in [1.807, 2.05) is 0 Å². The molecule has 0 radical (unpaired) electrons. The number of rotatable bonds is 12. The second-order valence-electron chi connectivity index (χ2n) is 11.4. The van der Waals surface area contributed by atoms with Crippen molar-refractivity contribution < 1.29 is 14.6 Å². The van der Waals surface area contributed by atoms with Gasteiger partial charge in [0, 0.05) is 6.42 Å². The van der Waals surface area contributed by atoms with Crippen molar-refractivity contribution in [3.8, 4) is 5.75 Å². The van der Waals surface area contributed by atoms with E-state index >= 15 is 0 Å². The van der Waals surface area contributed by atoms with Crippen LogP contribution in [0.4, 0.5) is 0 Å². The summed E-state index contributed by atoms with van der Waals surface area (Å²) in [6, 6.07) is 6.56. The molecule has 1 heterocycles. The van der Waals surface area contributed by atoms with E-state index in [2.05, 4.69) is 43.9 Å². The Morgan fingerprint density at radius 1 is 1.06 bits per heavy atom. The van der Waals surface area contributed by atoms with Gasteiger partial charge in [0.25, 0.3) is 0 Å². The van der Waals surface area contributed by atoms with Crippen LogP contribution in [0, 0.1) is 0 Å². The lowest BCUT2D eigenvalue weighted by atomic mass is 9.77. The number of unbranched alkanes of at least 4 members (excludes halogenated alkanes) is 3. The van der Waals surface area contributed by atoms with E-state index in [0.29, 0.717) is 6.42 Å². The number of carbonyl (C=O) groups excluding carboxylic acids is 1. The first-order valence-corrected chi connectivity index (χ1v) is 14.1. The molecule has 3 rings (SSSR count). The van der Waals surface area contributed by atoms with Crippen LogP contribution in [0.2, 0.25) is 0 Å². The van der Waals surface area contributed by atoms with Crippen LogP contribution in [-0.2, 0) is 10.2 Å². The van der Waals surface area contributed by atoms with Crippen molar-refractivity contribution >= 4 is 5.97 Å². The second-order valence-corrected chi connectivity index (χ2v) is 11.4. The molecule has 1 aromatic carbocycles. The summed E-state index contributed by atoms with van der Waals surface area (Å²) >= 11 is 0. The molecule has 192 valence electrons. The zero-order chi connectivity index (χ0) is 24.4. The number of piperidine rings is 1. The largest absolute Gasteiger partial charge is 0.426 e. The van der Waals surface area contributed by atoms with E-state index in [1.54, 1.807) is 0 Å². The molecule has 1 N–H and O–H groups in total. The van der Waals surface area contributed by atoms with Crippen LogP contribution in [0.1, 0.15) is 128 Å². The predicted octanol–water partition coefficient (Wildman–Crippen LogP) is 7.12. The Balaban J connectivity index is 1.68. The van der Waals surface area contributed by atoms with Crippen molar-refractivity contribution in [1.82, 2.24) is 4.90 Å². The van der Waals surface area contributed by atoms with Crippen molar-refractivity contribution in [3.05, 3.63) is 29.3 Å². The smallest absolute Gasteiger partial charge is 0.311 e. The molecule has 1 saturated carbocycles. The molecule has 2 atom stereocenters. The number of benzene rings is 1. The van der Waals surface area contributed by atoms with Crippen LogP contribution in [0.15, 0.2) is 18.2 Å². The Morgan fingerprint density at radius 2 is 1.85 bits per heavy atom. The second kappa shape index (κ2) is 13.6. The maximum absolute atomic E-state index is 12.9. The highest BCUT2D eigenvalue weighted by Gasteiger charge is 2.28. The normalized spacial score (nSPS) is 22.0. The minimum absolute atomic E-state index is 0.0494. The summed E-state index contributed by atoms with van der Waals surface area (Å²) in [7, 11) is 0. The topological polar surface area (TPSA) is 49.8 Å². The van der Waals surface area contributed by atoms with Crippen molar-refractivity contribution in [3.63, 3.8) is 0 Å². The number of nitrogens with zero attached hydrogens (tertiary/aromatic N) is 1. The molecular weight excluding hydrogens is 422 g/mol. The fourth-order valence-corrected chi connectivity index (χ4v) is 5.77. The quantitative estimate of drug-likeness (QED) is 0.200. The van der Waals surface area contributed by atoms with Crippen LogP contribution in [0.5, 0.6) is 5.75 Å². The molecule has 0 spiro atoms. The number of esters is 1. The van der Waals surface area contributed by atoms with Gasteiger partial charge in [-0.25, -0.2) is 0 Å². The first kappa shape index (κ1) is 27.2. The summed E-state index contributed by atoms with van der Waals surface area (Å²) in [6.07, 6.45) is 14.9. The average molecular weight is 472 g/mol. The van der Waals surface area contributed by atoms with E-state index in [1.165, 1.54) is 63.6 Å². The molecule has 2 unspecified atom stereocenters. The van der Waals surface area contributed by atoms with Crippen LogP contribution in [0.3, 0.4) is 0 Å². The number of likely N-dealkylation sites (tertiary alicyclic amines) is 1. The third kappa shape index (κ3) is 8.37. The van der Waals surface area contributed by atoms with E-state index in [4.69, 9.17) is 4.74 Å².